The fourth-order valence-corrected chi connectivity index (χ4v) is 1.04. The molecular formula is C12H15. The number of allylic oxidation sites excluding steroid dienone is 8. The maximum Gasteiger partial charge on any atom is -0.0166 e. The molecule has 0 N–H and O–H groups in total. The Morgan fingerprint density at radius 1 is 0.917 bits per heavy atom. The highest BCUT2D eigenvalue weighted by Crippen LogP contribution is 1.99. The lowest BCUT2D eigenvalue weighted by Crippen LogP contribution is -1.70. The average Bonchev–Trinajstić information content (AvgIpc) is 2.05. The fourth-order valence-electron chi connectivity index (χ4n) is 1.04. The molecule has 0 heterocycles. The van der Waals surface area contributed by atoms with E-state index in [0.717, 1.165) is 12.8 Å². The van der Waals surface area contributed by atoms with E-state index < -0.39 is 0 Å². The van der Waals surface area contributed by atoms with Crippen LogP contribution in [0, 0.1) is 6.08 Å². The summed E-state index contributed by atoms with van der Waals surface area (Å²) in [6.07, 6.45) is 22.5. The van der Waals surface area contributed by atoms with Gasteiger partial charge in [0.2, 0.25) is 0 Å². The summed E-state index contributed by atoms with van der Waals surface area (Å²) in [6, 6.07) is 0. The van der Waals surface area contributed by atoms with Crippen LogP contribution in [0.2, 0.25) is 0 Å². The van der Waals surface area contributed by atoms with E-state index in [1.807, 2.05) is 18.2 Å². The van der Waals surface area contributed by atoms with Gasteiger partial charge in [0.25, 0.3) is 0 Å². The summed E-state index contributed by atoms with van der Waals surface area (Å²) < 4.78 is 0. The Morgan fingerprint density at radius 3 is 2.92 bits per heavy atom. The van der Waals surface area contributed by atoms with Gasteiger partial charge in [-0.2, -0.15) is 0 Å². The first-order chi connectivity index (χ1) is 6.00. The highest BCUT2D eigenvalue weighted by Gasteiger charge is 1.80. The van der Waals surface area contributed by atoms with E-state index in [2.05, 4.69) is 30.4 Å². The highest BCUT2D eigenvalue weighted by molar-refractivity contribution is 5.10. The van der Waals surface area contributed by atoms with Crippen LogP contribution in [0.25, 0.3) is 0 Å². The van der Waals surface area contributed by atoms with Gasteiger partial charge in [0.1, 0.15) is 0 Å². The monoisotopic (exact) mass is 159 g/mol. The molecule has 0 fully saturated rings. The van der Waals surface area contributed by atoms with Crippen LogP contribution in [0.15, 0.2) is 42.5 Å². The minimum atomic E-state index is 1.05. The Kier molecular flexibility index (Phi) is 5.02. The predicted octanol–water partition coefficient (Wildman–Crippen LogP) is 3.59. The van der Waals surface area contributed by atoms with Crippen molar-refractivity contribution in [3.8, 4) is 0 Å². The zero-order valence-electron chi connectivity index (χ0n) is 7.37. The molecule has 1 rings (SSSR count). The van der Waals surface area contributed by atoms with Crippen molar-refractivity contribution >= 4 is 0 Å². The van der Waals surface area contributed by atoms with Gasteiger partial charge in [-0.15, -0.1) is 0 Å². The first-order valence-electron chi connectivity index (χ1n) is 4.53. The normalized spacial score (nSPS) is 29.3. The van der Waals surface area contributed by atoms with Crippen LogP contribution in [0.5, 0.6) is 0 Å². The molecule has 0 saturated heterocycles. The van der Waals surface area contributed by atoms with Crippen molar-refractivity contribution in [3.05, 3.63) is 48.6 Å². The molecule has 0 amide bonds. The minimum absolute atomic E-state index is 1.05. The van der Waals surface area contributed by atoms with Crippen molar-refractivity contribution in [2.75, 3.05) is 0 Å². The Morgan fingerprint density at radius 2 is 1.92 bits per heavy atom. The zero-order chi connectivity index (χ0) is 8.49. The third-order valence-corrected chi connectivity index (χ3v) is 1.70. The number of rotatable bonds is 0. The van der Waals surface area contributed by atoms with Crippen molar-refractivity contribution in [2.24, 2.45) is 0 Å². The molecule has 0 atom stereocenters. The smallest absolute Gasteiger partial charge is 0.0166 e. The van der Waals surface area contributed by atoms with Crippen LogP contribution in [0.4, 0.5) is 0 Å². The second-order valence-electron chi connectivity index (χ2n) is 2.78. The Hall–Kier alpha value is -1.04. The molecule has 0 heteroatoms. The van der Waals surface area contributed by atoms with E-state index >= 15 is 0 Å². The van der Waals surface area contributed by atoms with Crippen LogP contribution >= 0.6 is 0 Å². The third-order valence-electron chi connectivity index (χ3n) is 1.70. The van der Waals surface area contributed by atoms with Crippen LogP contribution in [0.1, 0.15) is 25.7 Å². The molecule has 0 saturated carbocycles. The van der Waals surface area contributed by atoms with Gasteiger partial charge in [-0.1, -0.05) is 42.5 Å². The SMILES string of the molecule is [C]1=C/C=C/C=C\C/C=C\CCC\1. The third kappa shape index (κ3) is 4.73. The molecule has 0 bridgehead atoms. The maximum atomic E-state index is 3.22. The minimum Gasteiger partial charge on any atom is -0.0882 e. The fraction of sp³-hybridized carbons (Fsp3) is 0.333. The van der Waals surface area contributed by atoms with Crippen LogP contribution < -0.4 is 0 Å². The molecule has 0 nitrogen and oxygen atoms in total. The topological polar surface area (TPSA) is 0 Å². The molecule has 0 aliphatic heterocycles. The maximum absolute atomic E-state index is 3.22. The van der Waals surface area contributed by atoms with E-state index in [4.69, 9.17) is 0 Å². The summed E-state index contributed by atoms with van der Waals surface area (Å²) in [6.45, 7) is 0. The van der Waals surface area contributed by atoms with Crippen LogP contribution in [-0.2, 0) is 0 Å². The largest absolute Gasteiger partial charge is 0.0882 e. The second kappa shape index (κ2) is 6.66. The first kappa shape index (κ1) is 9.05. The van der Waals surface area contributed by atoms with Gasteiger partial charge in [0.05, 0.1) is 0 Å². The van der Waals surface area contributed by atoms with Crippen molar-refractivity contribution in [1.82, 2.24) is 0 Å². The summed E-state index contributed by atoms with van der Waals surface area (Å²) in [4.78, 5) is 0. The molecule has 0 aromatic carbocycles. The van der Waals surface area contributed by atoms with Gasteiger partial charge in [0.15, 0.2) is 0 Å². The Bertz CT molecular complexity index is 204. The van der Waals surface area contributed by atoms with Gasteiger partial charge in [-0.3, -0.25) is 0 Å². The summed E-state index contributed by atoms with van der Waals surface area (Å²) in [7, 11) is 0. The zero-order valence-corrected chi connectivity index (χ0v) is 7.37. The Balaban J connectivity index is 2.42. The Labute approximate surface area is 75.0 Å². The molecular weight excluding hydrogens is 144 g/mol. The summed E-state index contributed by atoms with van der Waals surface area (Å²) in [5, 5.41) is 0. The molecule has 63 valence electrons. The summed E-state index contributed by atoms with van der Waals surface area (Å²) in [5.74, 6) is 0. The van der Waals surface area contributed by atoms with E-state index in [1.54, 1.807) is 0 Å². The molecule has 0 aromatic heterocycles. The lowest BCUT2D eigenvalue weighted by Gasteiger charge is -1.89. The average molecular weight is 159 g/mol. The molecule has 0 aromatic rings. The molecule has 1 aliphatic rings. The molecule has 0 unspecified atom stereocenters. The lowest BCUT2D eigenvalue weighted by molar-refractivity contribution is 0.852. The standard InChI is InChI=1S/C12H15/c1-2-4-6-8-10-12-11-9-7-5-3-1/h1-5,8,10H,6,9,11-12H2/b3-1+,4-2-,7-5?,10-8-. The number of hydrogen-bond acceptors (Lipinski definition) is 0. The number of hydrogen-bond donors (Lipinski definition) is 0. The van der Waals surface area contributed by atoms with Crippen molar-refractivity contribution < 1.29 is 0 Å². The van der Waals surface area contributed by atoms with E-state index in [1.165, 1.54) is 12.8 Å². The predicted molar refractivity (Wildman–Crippen MR) is 53.7 cm³/mol. The molecule has 0 spiro atoms. The van der Waals surface area contributed by atoms with E-state index in [9.17, 15) is 0 Å². The first-order valence-corrected chi connectivity index (χ1v) is 4.53. The molecule has 1 aliphatic carbocycles. The summed E-state index contributed by atoms with van der Waals surface area (Å²) >= 11 is 0. The van der Waals surface area contributed by atoms with Gasteiger partial charge in [-0.05, 0) is 31.8 Å². The van der Waals surface area contributed by atoms with E-state index in [-0.39, 0.29) is 0 Å². The highest BCUT2D eigenvalue weighted by atomic mass is 13.9. The van der Waals surface area contributed by atoms with Crippen LogP contribution in [0.3, 0.4) is 0 Å². The van der Waals surface area contributed by atoms with Gasteiger partial charge < -0.3 is 0 Å². The van der Waals surface area contributed by atoms with E-state index in [0.29, 0.717) is 0 Å². The van der Waals surface area contributed by atoms with Crippen molar-refractivity contribution in [1.29, 1.82) is 0 Å². The van der Waals surface area contributed by atoms with Gasteiger partial charge >= 0.3 is 0 Å². The van der Waals surface area contributed by atoms with Crippen molar-refractivity contribution in [3.63, 3.8) is 0 Å². The molecule has 1 radical (unpaired) electrons. The second-order valence-corrected chi connectivity index (χ2v) is 2.78. The van der Waals surface area contributed by atoms with Crippen molar-refractivity contribution in [2.45, 2.75) is 25.7 Å². The summed E-state index contributed by atoms with van der Waals surface area (Å²) in [5.41, 5.74) is 0. The van der Waals surface area contributed by atoms with Gasteiger partial charge in [-0.25, -0.2) is 0 Å². The van der Waals surface area contributed by atoms with Crippen LogP contribution in [-0.4, -0.2) is 0 Å². The quantitative estimate of drug-likeness (QED) is 0.474. The molecule has 12 heavy (non-hydrogen) atoms. The van der Waals surface area contributed by atoms with Gasteiger partial charge in [0, 0.05) is 0 Å². The lowest BCUT2D eigenvalue weighted by atomic mass is 10.2.